The highest BCUT2D eigenvalue weighted by Gasteiger charge is 2.27. The van der Waals surface area contributed by atoms with Gasteiger partial charge in [0.25, 0.3) is 0 Å². The number of rotatable bonds is 7. The Morgan fingerprint density at radius 2 is 2.05 bits per heavy atom. The summed E-state index contributed by atoms with van der Waals surface area (Å²) in [7, 11) is -1.96. The molecule has 20 heavy (non-hydrogen) atoms. The van der Waals surface area contributed by atoms with Crippen LogP contribution in [0.25, 0.3) is 0 Å². The zero-order chi connectivity index (χ0) is 15.3. The average molecular weight is 315 g/mol. The Kier molecular flexibility index (Phi) is 6.23. The van der Waals surface area contributed by atoms with E-state index in [4.69, 9.17) is 0 Å². The van der Waals surface area contributed by atoms with Crippen LogP contribution < -0.4 is 0 Å². The summed E-state index contributed by atoms with van der Waals surface area (Å²) in [6.07, 6.45) is 2.71. The summed E-state index contributed by atoms with van der Waals surface area (Å²) in [5, 5.41) is 0. The standard InChI is InChI=1S/C14H21NO3S2/c1-5-13(10-19-4)15(3)20(17,18)14-8-6-7-12(9-14)11(2)16/h6-9,13H,5,10H2,1-4H3. The fourth-order valence-corrected chi connectivity index (χ4v) is 4.32. The fourth-order valence-electron chi connectivity index (χ4n) is 1.91. The van der Waals surface area contributed by atoms with E-state index in [0.29, 0.717) is 5.56 Å². The number of carbonyl (C=O) groups is 1. The lowest BCUT2D eigenvalue weighted by Gasteiger charge is -2.26. The number of ketones is 1. The van der Waals surface area contributed by atoms with Crippen molar-refractivity contribution in [2.75, 3.05) is 19.1 Å². The van der Waals surface area contributed by atoms with Gasteiger partial charge in [-0.25, -0.2) is 8.42 Å². The Morgan fingerprint density at radius 1 is 1.40 bits per heavy atom. The van der Waals surface area contributed by atoms with Gasteiger partial charge in [-0.2, -0.15) is 16.1 Å². The van der Waals surface area contributed by atoms with Gasteiger partial charge in [-0.15, -0.1) is 0 Å². The largest absolute Gasteiger partial charge is 0.295 e. The molecule has 0 saturated heterocycles. The van der Waals surface area contributed by atoms with E-state index in [0.717, 1.165) is 12.2 Å². The molecule has 1 rings (SSSR count). The number of hydrogen-bond acceptors (Lipinski definition) is 4. The van der Waals surface area contributed by atoms with Crippen molar-refractivity contribution in [1.82, 2.24) is 4.31 Å². The van der Waals surface area contributed by atoms with E-state index in [-0.39, 0.29) is 16.7 Å². The Labute approximate surface area is 125 Å². The predicted octanol–water partition coefficient (Wildman–Crippen LogP) is 2.65. The van der Waals surface area contributed by atoms with Crippen LogP contribution in [-0.2, 0) is 10.0 Å². The van der Waals surface area contributed by atoms with Gasteiger partial charge in [-0.05, 0) is 31.7 Å². The second kappa shape index (κ2) is 7.24. The van der Waals surface area contributed by atoms with E-state index in [1.807, 2.05) is 13.2 Å². The third kappa shape index (κ3) is 3.84. The van der Waals surface area contributed by atoms with Crippen molar-refractivity contribution in [3.05, 3.63) is 29.8 Å². The van der Waals surface area contributed by atoms with Crippen LogP contribution in [0.15, 0.2) is 29.2 Å². The monoisotopic (exact) mass is 315 g/mol. The summed E-state index contributed by atoms with van der Waals surface area (Å²) in [6, 6.07) is 6.16. The first-order valence-electron chi connectivity index (χ1n) is 6.42. The maximum atomic E-state index is 12.6. The number of nitrogens with zero attached hydrogens (tertiary/aromatic N) is 1. The van der Waals surface area contributed by atoms with Gasteiger partial charge in [0, 0.05) is 24.4 Å². The number of hydrogen-bond donors (Lipinski definition) is 0. The van der Waals surface area contributed by atoms with Crippen molar-refractivity contribution < 1.29 is 13.2 Å². The molecule has 0 bridgehead atoms. The third-order valence-electron chi connectivity index (χ3n) is 3.26. The lowest BCUT2D eigenvalue weighted by molar-refractivity contribution is 0.101. The van der Waals surface area contributed by atoms with Crippen LogP contribution in [0.5, 0.6) is 0 Å². The second-order valence-electron chi connectivity index (χ2n) is 4.62. The van der Waals surface area contributed by atoms with Crippen LogP contribution in [0.2, 0.25) is 0 Å². The quantitative estimate of drug-likeness (QED) is 0.726. The van der Waals surface area contributed by atoms with Gasteiger partial charge in [0.05, 0.1) is 4.90 Å². The minimum atomic E-state index is -3.56. The number of carbonyl (C=O) groups excluding carboxylic acids is 1. The number of benzene rings is 1. The molecule has 0 fully saturated rings. The lowest BCUT2D eigenvalue weighted by Crippen LogP contribution is -2.38. The highest BCUT2D eigenvalue weighted by atomic mass is 32.2. The number of Topliss-reactive ketones (excluding diaryl/α,β-unsaturated/α-hetero) is 1. The van der Waals surface area contributed by atoms with Gasteiger partial charge < -0.3 is 0 Å². The molecule has 4 nitrogen and oxygen atoms in total. The molecule has 0 aliphatic carbocycles. The van der Waals surface area contributed by atoms with E-state index in [9.17, 15) is 13.2 Å². The van der Waals surface area contributed by atoms with Crippen LogP contribution in [0.4, 0.5) is 0 Å². The van der Waals surface area contributed by atoms with Gasteiger partial charge in [0.15, 0.2) is 5.78 Å². The predicted molar refractivity (Wildman–Crippen MR) is 83.9 cm³/mol. The molecule has 0 aliphatic rings. The van der Waals surface area contributed by atoms with E-state index >= 15 is 0 Å². The molecule has 0 heterocycles. The van der Waals surface area contributed by atoms with Crippen molar-refractivity contribution in [2.45, 2.75) is 31.2 Å². The number of sulfonamides is 1. The average Bonchev–Trinajstić information content (AvgIpc) is 2.44. The smallest absolute Gasteiger partial charge is 0.243 e. The molecule has 112 valence electrons. The summed E-state index contributed by atoms with van der Waals surface area (Å²) in [4.78, 5) is 11.5. The minimum absolute atomic E-state index is 0.0454. The highest BCUT2D eigenvalue weighted by Crippen LogP contribution is 2.20. The fraction of sp³-hybridized carbons (Fsp3) is 0.500. The van der Waals surface area contributed by atoms with Crippen LogP contribution in [0.1, 0.15) is 30.6 Å². The Balaban J connectivity index is 3.15. The third-order valence-corrected chi connectivity index (χ3v) is 5.89. The highest BCUT2D eigenvalue weighted by molar-refractivity contribution is 7.98. The van der Waals surface area contributed by atoms with Crippen LogP contribution in [0, 0.1) is 0 Å². The topological polar surface area (TPSA) is 54.5 Å². The zero-order valence-electron chi connectivity index (χ0n) is 12.3. The first-order chi connectivity index (χ1) is 9.34. The van der Waals surface area contributed by atoms with Gasteiger partial charge in [-0.1, -0.05) is 19.1 Å². The summed E-state index contributed by atoms with van der Waals surface area (Å²) >= 11 is 1.62. The van der Waals surface area contributed by atoms with Gasteiger partial charge in [0.1, 0.15) is 0 Å². The molecular formula is C14H21NO3S2. The lowest BCUT2D eigenvalue weighted by atomic mass is 10.2. The molecule has 0 amide bonds. The molecule has 0 aromatic heterocycles. The van der Waals surface area contributed by atoms with E-state index in [2.05, 4.69) is 0 Å². The second-order valence-corrected chi connectivity index (χ2v) is 7.53. The van der Waals surface area contributed by atoms with Gasteiger partial charge in [-0.3, -0.25) is 4.79 Å². The number of thioether (sulfide) groups is 1. The molecule has 6 heteroatoms. The summed E-state index contributed by atoms with van der Waals surface area (Å²) in [5.41, 5.74) is 0.414. The van der Waals surface area contributed by atoms with Crippen LogP contribution in [0.3, 0.4) is 0 Å². The molecule has 0 aliphatic heterocycles. The van der Waals surface area contributed by atoms with Crippen molar-refractivity contribution in [1.29, 1.82) is 0 Å². The molecule has 1 atom stereocenters. The normalized spacial score (nSPS) is 13.4. The summed E-state index contributed by atoms with van der Waals surface area (Å²) < 4.78 is 26.6. The van der Waals surface area contributed by atoms with Crippen molar-refractivity contribution in [2.24, 2.45) is 0 Å². The Morgan fingerprint density at radius 3 is 2.55 bits per heavy atom. The molecular weight excluding hydrogens is 294 g/mol. The van der Waals surface area contributed by atoms with Gasteiger partial charge >= 0.3 is 0 Å². The minimum Gasteiger partial charge on any atom is -0.295 e. The van der Waals surface area contributed by atoms with E-state index < -0.39 is 10.0 Å². The maximum absolute atomic E-state index is 12.6. The van der Waals surface area contributed by atoms with Gasteiger partial charge in [0.2, 0.25) is 10.0 Å². The summed E-state index contributed by atoms with van der Waals surface area (Å²) in [5.74, 6) is 0.611. The molecule has 0 radical (unpaired) electrons. The van der Waals surface area contributed by atoms with E-state index in [1.165, 1.54) is 23.4 Å². The first kappa shape index (κ1) is 17.2. The molecule has 0 spiro atoms. The zero-order valence-corrected chi connectivity index (χ0v) is 13.9. The molecule has 1 aromatic carbocycles. The molecule has 0 saturated carbocycles. The Bertz CT molecular complexity index is 570. The van der Waals surface area contributed by atoms with Crippen LogP contribution >= 0.6 is 11.8 Å². The van der Waals surface area contributed by atoms with Crippen molar-refractivity contribution in [3.8, 4) is 0 Å². The van der Waals surface area contributed by atoms with Crippen molar-refractivity contribution in [3.63, 3.8) is 0 Å². The van der Waals surface area contributed by atoms with E-state index in [1.54, 1.807) is 30.9 Å². The SMILES string of the molecule is CCC(CSC)N(C)S(=O)(=O)c1cccc(C(C)=O)c1. The van der Waals surface area contributed by atoms with Crippen LogP contribution in [-0.4, -0.2) is 43.6 Å². The summed E-state index contributed by atoms with van der Waals surface area (Å²) in [6.45, 7) is 3.40. The first-order valence-corrected chi connectivity index (χ1v) is 9.26. The molecule has 0 N–H and O–H groups in total. The maximum Gasteiger partial charge on any atom is 0.243 e. The molecule has 1 aromatic rings. The van der Waals surface area contributed by atoms with Crippen molar-refractivity contribution >= 4 is 27.6 Å². The Hall–Kier alpha value is -0.850. The molecule has 1 unspecified atom stereocenters.